The lowest BCUT2D eigenvalue weighted by atomic mass is 10.2. The predicted octanol–water partition coefficient (Wildman–Crippen LogP) is -0.310. The minimum atomic E-state index is -0.499. The van der Waals surface area contributed by atoms with E-state index >= 15 is 0 Å². The largest absolute Gasteiger partial charge is 0.387 e. The Kier molecular flexibility index (Phi) is 4.58. The van der Waals surface area contributed by atoms with Crippen LogP contribution in [0.1, 0.15) is 11.7 Å². The molecule has 1 aromatic heterocycles. The molecule has 0 aromatic carbocycles. The van der Waals surface area contributed by atoms with Crippen molar-refractivity contribution in [1.82, 2.24) is 15.1 Å². The summed E-state index contributed by atoms with van der Waals surface area (Å²) in [6.07, 6.45) is 2.98. The third kappa shape index (κ3) is 3.45. The fourth-order valence-corrected chi connectivity index (χ4v) is 1.14. The Morgan fingerprint density at radius 2 is 2.50 bits per heavy atom. The quantitative estimate of drug-likeness (QED) is 0.617. The molecule has 0 radical (unpaired) electrons. The van der Waals surface area contributed by atoms with E-state index in [1.54, 1.807) is 18.0 Å². The lowest BCUT2D eigenvalue weighted by Crippen LogP contribution is -2.24. The number of rotatable bonds is 6. The highest BCUT2D eigenvalue weighted by Gasteiger charge is 2.08. The molecular formula is C9H17N3O2. The molecule has 5 heteroatoms. The van der Waals surface area contributed by atoms with E-state index in [1.165, 1.54) is 0 Å². The molecule has 1 aromatic rings. The Morgan fingerprint density at radius 1 is 1.71 bits per heavy atom. The van der Waals surface area contributed by atoms with Crippen LogP contribution in [0.5, 0.6) is 0 Å². The first-order chi connectivity index (χ1) is 6.74. The minimum Gasteiger partial charge on any atom is -0.387 e. The number of methoxy groups -OCH3 is 1. The number of ether oxygens (including phenoxy) is 1. The monoisotopic (exact) mass is 199 g/mol. The van der Waals surface area contributed by atoms with Crippen molar-refractivity contribution >= 4 is 0 Å². The Morgan fingerprint density at radius 3 is 3.07 bits per heavy atom. The van der Waals surface area contributed by atoms with Crippen molar-refractivity contribution in [3.8, 4) is 0 Å². The normalized spacial score (nSPS) is 13.1. The van der Waals surface area contributed by atoms with Crippen molar-refractivity contribution in [2.75, 3.05) is 26.8 Å². The van der Waals surface area contributed by atoms with E-state index in [9.17, 15) is 5.11 Å². The van der Waals surface area contributed by atoms with Gasteiger partial charge in [0.1, 0.15) is 0 Å². The maximum atomic E-state index is 9.68. The molecule has 1 heterocycles. The summed E-state index contributed by atoms with van der Waals surface area (Å²) in [5.41, 5.74) is 0.831. The minimum absolute atomic E-state index is 0.499. The van der Waals surface area contributed by atoms with Gasteiger partial charge in [0.25, 0.3) is 0 Å². The van der Waals surface area contributed by atoms with Crippen LogP contribution >= 0.6 is 0 Å². The van der Waals surface area contributed by atoms with E-state index in [-0.39, 0.29) is 0 Å². The topological polar surface area (TPSA) is 59.3 Å². The number of hydrogen-bond acceptors (Lipinski definition) is 4. The third-order valence-electron chi connectivity index (χ3n) is 1.93. The van der Waals surface area contributed by atoms with Crippen molar-refractivity contribution in [1.29, 1.82) is 0 Å². The summed E-state index contributed by atoms with van der Waals surface area (Å²) >= 11 is 0. The SMILES string of the molecule is COCCNCC(O)c1cnn(C)c1. The summed E-state index contributed by atoms with van der Waals surface area (Å²) in [5.74, 6) is 0. The van der Waals surface area contributed by atoms with Gasteiger partial charge in [-0.15, -0.1) is 0 Å². The van der Waals surface area contributed by atoms with Gasteiger partial charge in [-0.25, -0.2) is 0 Å². The number of aromatic nitrogens is 2. The molecule has 0 saturated heterocycles. The third-order valence-corrected chi connectivity index (χ3v) is 1.93. The molecule has 0 aliphatic rings. The summed E-state index contributed by atoms with van der Waals surface area (Å²) in [7, 11) is 3.48. The van der Waals surface area contributed by atoms with E-state index in [0.29, 0.717) is 13.2 Å². The predicted molar refractivity (Wildman–Crippen MR) is 52.9 cm³/mol. The first kappa shape index (κ1) is 11.2. The van der Waals surface area contributed by atoms with Gasteiger partial charge in [-0.1, -0.05) is 0 Å². The van der Waals surface area contributed by atoms with E-state index in [2.05, 4.69) is 10.4 Å². The fraction of sp³-hybridized carbons (Fsp3) is 0.667. The summed E-state index contributed by atoms with van der Waals surface area (Å²) in [5, 5.41) is 16.7. The molecule has 14 heavy (non-hydrogen) atoms. The summed E-state index contributed by atoms with van der Waals surface area (Å²) in [4.78, 5) is 0. The zero-order valence-corrected chi connectivity index (χ0v) is 8.60. The van der Waals surface area contributed by atoms with Gasteiger partial charge < -0.3 is 15.2 Å². The molecule has 0 fully saturated rings. The molecule has 0 aliphatic carbocycles. The van der Waals surface area contributed by atoms with Crippen molar-refractivity contribution in [2.24, 2.45) is 7.05 Å². The highest BCUT2D eigenvalue weighted by atomic mass is 16.5. The van der Waals surface area contributed by atoms with Gasteiger partial charge in [0, 0.05) is 39.0 Å². The van der Waals surface area contributed by atoms with Gasteiger partial charge in [0.15, 0.2) is 0 Å². The van der Waals surface area contributed by atoms with Crippen molar-refractivity contribution in [3.05, 3.63) is 18.0 Å². The molecule has 0 amide bonds. The number of nitrogens with zero attached hydrogens (tertiary/aromatic N) is 2. The van der Waals surface area contributed by atoms with Crippen LogP contribution in [-0.2, 0) is 11.8 Å². The fourth-order valence-electron chi connectivity index (χ4n) is 1.14. The van der Waals surface area contributed by atoms with Gasteiger partial charge in [-0.05, 0) is 0 Å². The Labute approximate surface area is 83.7 Å². The second kappa shape index (κ2) is 5.74. The smallest absolute Gasteiger partial charge is 0.0944 e. The van der Waals surface area contributed by atoms with Gasteiger partial charge in [0.05, 0.1) is 18.9 Å². The molecule has 0 spiro atoms. The van der Waals surface area contributed by atoms with E-state index in [4.69, 9.17) is 4.74 Å². The van der Waals surface area contributed by atoms with Crippen LogP contribution in [0.25, 0.3) is 0 Å². The number of aliphatic hydroxyl groups is 1. The average Bonchev–Trinajstić information content (AvgIpc) is 2.59. The molecule has 1 rings (SSSR count). The standard InChI is InChI=1S/C9H17N3O2/c1-12-7-8(5-11-12)9(13)6-10-3-4-14-2/h5,7,9-10,13H,3-4,6H2,1-2H3. The van der Waals surface area contributed by atoms with Crippen molar-refractivity contribution in [3.63, 3.8) is 0 Å². The van der Waals surface area contributed by atoms with Crippen LogP contribution in [0.15, 0.2) is 12.4 Å². The molecular weight excluding hydrogens is 182 g/mol. The van der Waals surface area contributed by atoms with Crippen LogP contribution in [0.4, 0.5) is 0 Å². The lowest BCUT2D eigenvalue weighted by molar-refractivity contribution is 0.161. The Hall–Kier alpha value is -0.910. The van der Waals surface area contributed by atoms with Crippen molar-refractivity contribution < 1.29 is 9.84 Å². The number of hydrogen-bond donors (Lipinski definition) is 2. The highest BCUT2D eigenvalue weighted by Crippen LogP contribution is 2.09. The molecule has 5 nitrogen and oxygen atoms in total. The average molecular weight is 199 g/mol. The number of aryl methyl sites for hydroxylation is 1. The van der Waals surface area contributed by atoms with E-state index < -0.39 is 6.10 Å². The molecule has 1 unspecified atom stereocenters. The zero-order chi connectivity index (χ0) is 10.4. The maximum Gasteiger partial charge on any atom is 0.0944 e. The van der Waals surface area contributed by atoms with E-state index in [0.717, 1.165) is 12.1 Å². The summed E-state index contributed by atoms with van der Waals surface area (Å²) in [6, 6.07) is 0. The second-order valence-corrected chi connectivity index (χ2v) is 3.16. The van der Waals surface area contributed by atoms with E-state index in [1.807, 2.05) is 13.2 Å². The van der Waals surface area contributed by atoms with Crippen LogP contribution in [0.2, 0.25) is 0 Å². The molecule has 80 valence electrons. The Bertz CT molecular complexity index is 262. The zero-order valence-electron chi connectivity index (χ0n) is 8.60. The molecule has 2 N–H and O–H groups in total. The maximum absolute atomic E-state index is 9.68. The molecule has 0 aliphatic heterocycles. The van der Waals surface area contributed by atoms with Crippen LogP contribution in [0.3, 0.4) is 0 Å². The van der Waals surface area contributed by atoms with Crippen molar-refractivity contribution in [2.45, 2.75) is 6.10 Å². The van der Waals surface area contributed by atoms with Gasteiger partial charge in [-0.3, -0.25) is 4.68 Å². The highest BCUT2D eigenvalue weighted by molar-refractivity contribution is 5.07. The molecule has 1 atom stereocenters. The molecule has 0 bridgehead atoms. The second-order valence-electron chi connectivity index (χ2n) is 3.16. The van der Waals surface area contributed by atoms with Gasteiger partial charge in [0.2, 0.25) is 0 Å². The summed E-state index contributed by atoms with van der Waals surface area (Å²) < 4.78 is 6.55. The van der Waals surface area contributed by atoms with Gasteiger partial charge >= 0.3 is 0 Å². The first-order valence-electron chi connectivity index (χ1n) is 4.60. The lowest BCUT2D eigenvalue weighted by Gasteiger charge is -2.09. The van der Waals surface area contributed by atoms with Crippen LogP contribution in [0, 0.1) is 0 Å². The Balaban J connectivity index is 2.25. The first-order valence-corrected chi connectivity index (χ1v) is 4.60. The molecule has 0 saturated carbocycles. The van der Waals surface area contributed by atoms with Crippen LogP contribution < -0.4 is 5.32 Å². The number of aliphatic hydroxyl groups excluding tert-OH is 1. The summed E-state index contributed by atoms with van der Waals surface area (Å²) in [6.45, 7) is 1.92. The number of nitrogens with one attached hydrogen (secondary N) is 1. The van der Waals surface area contributed by atoms with Crippen LogP contribution in [-0.4, -0.2) is 41.7 Å². The van der Waals surface area contributed by atoms with Gasteiger partial charge in [-0.2, -0.15) is 5.10 Å².